The summed E-state index contributed by atoms with van der Waals surface area (Å²) < 4.78 is 6.85. The summed E-state index contributed by atoms with van der Waals surface area (Å²) in [7, 11) is 0. The van der Waals surface area contributed by atoms with Gasteiger partial charge in [-0.05, 0) is 36.1 Å². The van der Waals surface area contributed by atoms with Gasteiger partial charge < -0.3 is 4.74 Å². The van der Waals surface area contributed by atoms with Gasteiger partial charge in [0.25, 0.3) is 0 Å². The fraction of sp³-hybridized carbons (Fsp3) is 0.500. The third kappa shape index (κ3) is 4.15. The van der Waals surface area contributed by atoms with E-state index < -0.39 is 0 Å². The molecule has 0 aliphatic carbocycles. The van der Waals surface area contributed by atoms with E-state index >= 15 is 0 Å². The summed E-state index contributed by atoms with van der Waals surface area (Å²) in [5.41, 5.74) is 1.26. The molecule has 0 saturated heterocycles. The topological polar surface area (TPSA) is 9.23 Å². The molecule has 0 heterocycles. The maximum Gasteiger partial charge on any atom is 0.122 e. The van der Waals surface area contributed by atoms with E-state index in [2.05, 4.69) is 51.8 Å². The van der Waals surface area contributed by atoms with Crippen molar-refractivity contribution in [1.82, 2.24) is 0 Å². The van der Waals surface area contributed by atoms with Crippen LogP contribution in [0.2, 0.25) is 0 Å². The molecule has 0 N–H and O–H groups in total. The van der Waals surface area contributed by atoms with Crippen LogP contribution < -0.4 is 4.74 Å². The van der Waals surface area contributed by atoms with Crippen molar-refractivity contribution in [3.05, 3.63) is 28.2 Å². The Labute approximate surface area is 108 Å². The number of hydrogen-bond acceptors (Lipinski definition) is 1. The van der Waals surface area contributed by atoms with Crippen LogP contribution in [0.3, 0.4) is 0 Å². The standard InChI is InChI=1S/C12H16Br2O/c1-9(2)11-8-10(14)4-5-12(11)15-7-3-6-13/h4-5,8-9H,3,6-7H2,1-2H3. The summed E-state index contributed by atoms with van der Waals surface area (Å²) in [5.74, 6) is 1.50. The zero-order valence-corrected chi connectivity index (χ0v) is 12.3. The Morgan fingerprint density at radius 3 is 2.67 bits per heavy atom. The number of benzene rings is 1. The molecule has 0 spiro atoms. The zero-order chi connectivity index (χ0) is 11.3. The second-order valence-corrected chi connectivity index (χ2v) is 5.44. The maximum absolute atomic E-state index is 5.74. The highest BCUT2D eigenvalue weighted by atomic mass is 79.9. The van der Waals surface area contributed by atoms with E-state index in [0.29, 0.717) is 5.92 Å². The van der Waals surface area contributed by atoms with E-state index in [1.807, 2.05) is 12.1 Å². The van der Waals surface area contributed by atoms with Crippen LogP contribution in [0.15, 0.2) is 22.7 Å². The molecule has 1 aromatic rings. The van der Waals surface area contributed by atoms with Crippen LogP contribution >= 0.6 is 31.9 Å². The van der Waals surface area contributed by atoms with Crippen molar-refractivity contribution >= 4 is 31.9 Å². The molecule has 0 radical (unpaired) electrons. The first-order chi connectivity index (χ1) is 7.15. The highest BCUT2D eigenvalue weighted by molar-refractivity contribution is 9.10. The lowest BCUT2D eigenvalue weighted by Gasteiger charge is -2.14. The molecule has 0 atom stereocenters. The number of ether oxygens (including phenoxy) is 1. The van der Waals surface area contributed by atoms with Gasteiger partial charge in [0.15, 0.2) is 0 Å². The van der Waals surface area contributed by atoms with Gasteiger partial charge in [0, 0.05) is 9.80 Å². The molecule has 0 fully saturated rings. The highest BCUT2D eigenvalue weighted by Crippen LogP contribution is 2.29. The lowest BCUT2D eigenvalue weighted by atomic mass is 10.0. The first-order valence-electron chi connectivity index (χ1n) is 5.13. The molecule has 1 rings (SSSR count). The van der Waals surface area contributed by atoms with Crippen molar-refractivity contribution in [2.45, 2.75) is 26.2 Å². The first-order valence-corrected chi connectivity index (χ1v) is 7.04. The van der Waals surface area contributed by atoms with Gasteiger partial charge in [0.2, 0.25) is 0 Å². The number of hydrogen-bond donors (Lipinski definition) is 0. The lowest BCUT2D eigenvalue weighted by molar-refractivity contribution is 0.314. The number of halogens is 2. The van der Waals surface area contributed by atoms with Gasteiger partial charge in [0.05, 0.1) is 6.61 Å². The van der Waals surface area contributed by atoms with E-state index in [0.717, 1.165) is 28.6 Å². The van der Waals surface area contributed by atoms with Gasteiger partial charge in [-0.15, -0.1) is 0 Å². The van der Waals surface area contributed by atoms with Gasteiger partial charge in [-0.1, -0.05) is 45.7 Å². The maximum atomic E-state index is 5.74. The summed E-state index contributed by atoms with van der Waals surface area (Å²) in [5, 5.41) is 0.987. The van der Waals surface area contributed by atoms with E-state index in [-0.39, 0.29) is 0 Å². The molecular weight excluding hydrogens is 320 g/mol. The minimum absolute atomic E-state index is 0.487. The first kappa shape index (κ1) is 13.0. The van der Waals surface area contributed by atoms with Gasteiger partial charge in [-0.25, -0.2) is 0 Å². The minimum atomic E-state index is 0.487. The van der Waals surface area contributed by atoms with Gasteiger partial charge in [-0.3, -0.25) is 0 Å². The van der Waals surface area contributed by atoms with Gasteiger partial charge >= 0.3 is 0 Å². The summed E-state index contributed by atoms with van der Waals surface area (Å²) in [6.07, 6.45) is 1.04. The van der Waals surface area contributed by atoms with Crippen molar-refractivity contribution < 1.29 is 4.74 Å². The molecule has 15 heavy (non-hydrogen) atoms. The highest BCUT2D eigenvalue weighted by Gasteiger charge is 2.08. The molecular formula is C12H16Br2O. The molecule has 0 unspecified atom stereocenters. The Kier molecular flexibility index (Phi) is 5.69. The average Bonchev–Trinajstić information content (AvgIpc) is 2.20. The molecule has 0 bridgehead atoms. The van der Waals surface area contributed by atoms with Gasteiger partial charge in [0.1, 0.15) is 5.75 Å². The Hall–Kier alpha value is -0.0200. The van der Waals surface area contributed by atoms with Crippen LogP contribution in [0.1, 0.15) is 31.7 Å². The summed E-state index contributed by atoms with van der Waals surface area (Å²) >= 11 is 6.88. The van der Waals surface area contributed by atoms with Crippen LogP contribution in [0.5, 0.6) is 5.75 Å². The smallest absolute Gasteiger partial charge is 0.122 e. The quantitative estimate of drug-likeness (QED) is 0.558. The second-order valence-electron chi connectivity index (χ2n) is 3.73. The molecule has 0 aromatic heterocycles. The average molecular weight is 336 g/mol. The molecule has 0 saturated carbocycles. The predicted molar refractivity (Wildman–Crippen MR) is 72.1 cm³/mol. The Morgan fingerprint density at radius 2 is 2.07 bits per heavy atom. The normalized spacial score (nSPS) is 10.7. The van der Waals surface area contributed by atoms with Crippen LogP contribution in [-0.4, -0.2) is 11.9 Å². The fourth-order valence-corrected chi connectivity index (χ4v) is 1.95. The second kappa shape index (κ2) is 6.54. The van der Waals surface area contributed by atoms with Gasteiger partial charge in [-0.2, -0.15) is 0 Å². The van der Waals surface area contributed by atoms with E-state index in [4.69, 9.17) is 4.74 Å². The van der Waals surface area contributed by atoms with Crippen molar-refractivity contribution in [2.75, 3.05) is 11.9 Å². The van der Waals surface area contributed by atoms with E-state index in [1.165, 1.54) is 5.56 Å². The molecule has 0 aliphatic rings. The Bertz CT molecular complexity index is 310. The summed E-state index contributed by atoms with van der Waals surface area (Å²) in [6, 6.07) is 6.19. The molecule has 1 aromatic carbocycles. The molecule has 3 heteroatoms. The SMILES string of the molecule is CC(C)c1cc(Br)ccc1OCCCBr. The van der Waals surface area contributed by atoms with Crippen LogP contribution in [0.4, 0.5) is 0 Å². The largest absolute Gasteiger partial charge is 0.493 e. The number of rotatable bonds is 5. The van der Waals surface area contributed by atoms with Crippen molar-refractivity contribution in [1.29, 1.82) is 0 Å². The van der Waals surface area contributed by atoms with Crippen molar-refractivity contribution in [3.63, 3.8) is 0 Å². The van der Waals surface area contributed by atoms with Crippen LogP contribution in [-0.2, 0) is 0 Å². The molecule has 0 aliphatic heterocycles. The zero-order valence-electron chi connectivity index (χ0n) is 9.09. The Morgan fingerprint density at radius 1 is 1.33 bits per heavy atom. The predicted octanol–water partition coefficient (Wildman–Crippen LogP) is 4.74. The third-order valence-electron chi connectivity index (χ3n) is 2.13. The summed E-state index contributed by atoms with van der Waals surface area (Å²) in [6.45, 7) is 5.13. The fourth-order valence-electron chi connectivity index (χ4n) is 1.34. The van der Waals surface area contributed by atoms with E-state index in [1.54, 1.807) is 0 Å². The number of alkyl halides is 1. The monoisotopic (exact) mass is 334 g/mol. The Balaban J connectivity index is 2.77. The van der Waals surface area contributed by atoms with Crippen molar-refractivity contribution in [3.8, 4) is 5.75 Å². The van der Waals surface area contributed by atoms with E-state index in [9.17, 15) is 0 Å². The van der Waals surface area contributed by atoms with Crippen LogP contribution in [0, 0.1) is 0 Å². The minimum Gasteiger partial charge on any atom is -0.493 e. The molecule has 0 amide bonds. The molecule has 1 nitrogen and oxygen atoms in total. The summed E-state index contributed by atoms with van der Waals surface area (Å²) in [4.78, 5) is 0. The molecule has 84 valence electrons. The third-order valence-corrected chi connectivity index (χ3v) is 3.18. The lowest BCUT2D eigenvalue weighted by Crippen LogP contribution is -2.01. The van der Waals surface area contributed by atoms with Crippen molar-refractivity contribution in [2.24, 2.45) is 0 Å². The van der Waals surface area contributed by atoms with Crippen LogP contribution in [0.25, 0.3) is 0 Å².